The van der Waals surface area contributed by atoms with Gasteiger partial charge in [-0.15, -0.1) is 5.10 Å². The van der Waals surface area contributed by atoms with Crippen LogP contribution in [0.2, 0.25) is 5.02 Å². The molecule has 8 heteroatoms. The SMILES string of the molecule is O=C(CSc1nnnn1C1CC1)N(Cc1ccc(Cl)cc1)C12CC3CC(CC(C3)C1)C2. The molecule has 0 unspecified atom stereocenters. The molecule has 0 N–H and O–H groups in total. The lowest BCUT2D eigenvalue weighted by atomic mass is 9.52. The zero-order valence-electron chi connectivity index (χ0n) is 17.6. The fourth-order valence-electron chi connectivity index (χ4n) is 6.72. The number of nitrogens with zero attached hydrogens (tertiary/aromatic N) is 5. The Labute approximate surface area is 192 Å². The number of tetrazole rings is 1. The average molecular weight is 458 g/mol. The maximum Gasteiger partial charge on any atom is 0.233 e. The summed E-state index contributed by atoms with van der Waals surface area (Å²) in [6.45, 7) is 0.663. The number of thioether (sulfide) groups is 1. The van der Waals surface area contributed by atoms with Gasteiger partial charge in [-0.2, -0.15) is 0 Å². The number of carbonyl (C=O) groups is 1. The first-order chi connectivity index (χ1) is 15.1. The van der Waals surface area contributed by atoms with E-state index in [4.69, 9.17) is 11.6 Å². The molecule has 0 saturated heterocycles. The molecule has 5 saturated carbocycles. The van der Waals surface area contributed by atoms with E-state index in [9.17, 15) is 4.79 Å². The summed E-state index contributed by atoms with van der Waals surface area (Å²) in [4.78, 5) is 16.0. The quantitative estimate of drug-likeness (QED) is 0.561. The van der Waals surface area contributed by atoms with Crippen molar-refractivity contribution in [3.8, 4) is 0 Å². The Balaban J connectivity index is 1.25. The molecule has 5 fully saturated rings. The van der Waals surface area contributed by atoms with Crippen LogP contribution < -0.4 is 0 Å². The van der Waals surface area contributed by atoms with E-state index in [-0.39, 0.29) is 11.4 Å². The van der Waals surface area contributed by atoms with Gasteiger partial charge in [-0.1, -0.05) is 35.5 Å². The highest BCUT2D eigenvalue weighted by Crippen LogP contribution is 2.58. The van der Waals surface area contributed by atoms with Crippen LogP contribution in [-0.2, 0) is 11.3 Å². The molecule has 31 heavy (non-hydrogen) atoms. The van der Waals surface area contributed by atoms with Crippen molar-refractivity contribution in [1.29, 1.82) is 0 Å². The van der Waals surface area contributed by atoms with Crippen LogP contribution in [0.15, 0.2) is 29.4 Å². The maximum atomic E-state index is 13.7. The van der Waals surface area contributed by atoms with Gasteiger partial charge in [0.2, 0.25) is 11.1 Å². The molecule has 0 atom stereocenters. The van der Waals surface area contributed by atoms with Gasteiger partial charge in [0.05, 0.1) is 11.8 Å². The van der Waals surface area contributed by atoms with Gasteiger partial charge in [-0.3, -0.25) is 4.79 Å². The van der Waals surface area contributed by atoms with Crippen molar-refractivity contribution >= 4 is 29.3 Å². The number of amides is 1. The average Bonchev–Trinajstić information content (AvgIpc) is 3.48. The highest BCUT2D eigenvalue weighted by atomic mass is 35.5. The third-order valence-electron chi connectivity index (χ3n) is 7.81. The minimum atomic E-state index is 0.0223. The second kappa shape index (κ2) is 7.77. The number of hydrogen-bond donors (Lipinski definition) is 0. The highest BCUT2D eigenvalue weighted by molar-refractivity contribution is 7.99. The van der Waals surface area contributed by atoms with Crippen LogP contribution in [0, 0.1) is 17.8 Å². The van der Waals surface area contributed by atoms with Gasteiger partial charge in [0.15, 0.2) is 0 Å². The topological polar surface area (TPSA) is 63.9 Å². The first kappa shape index (κ1) is 20.0. The predicted octanol–water partition coefficient (Wildman–Crippen LogP) is 4.75. The summed E-state index contributed by atoms with van der Waals surface area (Å²) < 4.78 is 1.90. The number of benzene rings is 1. The summed E-state index contributed by atoms with van der Waals surface area (Å²) in [5.74, 6) is 2.99. The summed E-state index contributed by atoms with van der Waals surface area (Å²) in [7, 11) is 0. The Bertz CT molecular complexity index is 937. The molecule has 7 rings (SSSR count). The molecule has 164 valence electrons. The second-order valence-corrected chi connectivity index (χ2v) is 11.6. The second-order valence-electron chi connectivity index (χ2n) is 10.2. The van der Waals surface area contributed by atoms with E-state index in [1.165, 1.54) is 50.3 Å². The summed E-state index contributed by atoms with van der Waals surface area (Å²) in [5, 5.41) is 13.7. The fraction of sp³-hybridized carbons (Fsp3) is 0.652. The van der Waals surface area contributed by atoms with Crippen LogP contribution >= 0.6 is 23.4 Å². The smallest absolute Gasteiger partial charge is 0.233 e. The zero-order valence-corrected chi connectivity index (χ0v) is 19.2. The number of carbonyl (C=O) groups excluding carboxylic acids is 1. The summed E-state index contributed by atoms with van der Waals surface area (Å²) in [6, 6.07) is 8.39. The molecule has 5 aliphatic rings. The van der Waals surface area contributed by atoms with Crippen LogP contribution in [0.5, 0.6) is 0 Å². The van der Waals surface area contributed by atoms with E-state index in [2.05, 4.69) is 32.6 Å². The highest BCUT2D eigenvalue weighted by Gasteiger charge is 2.54. The third kappa shape index (κ3) is 3.88. The van der Waals surface area contributed by atoms with Gasteiger partial charge in [0.1, 0.15) is 0 Å². The molecule has 5 aliphatic carbocycles. The lowest BCUT2D eigenvalue weighted by Gasteiger charge is -2.60. The van der Waals surface area contributed by atoms with Crippen molar-refractivity contribution in [2.75, 3.05) is 5.75 Å². The van der Waals surface area contributed by atoms with E-state index < -0.39 is 0 Å². The van der Waals surface area contributed by atoms with Crippen LogP contribution in [0.3, 0.4) is 0 Å². The molecule has 6 nitrogen and oxygen atoms in total. The lowest BCUT2D eigenvalue weighted by molar-refractivity contribution is -0.149. The van der Waals surface area contributed by atoms with Crippen LogP contribution in [0.4, 0.5) is 0 Å². The van der Waals surface area contributed by atoms with Crippen molar-refractivity contribution in [2.24, 2.45) is 17.8 Å². The number of aromatic nitrogens is 4. The number of halogens is 1. The standard InChI is InChI=1S/C23H28ClN5OS/c24-19-3-1-15(2-4-19)13-28(23-10-16-7-17(11-23)9-18(8-16)12-23)21(30)14-31-22-25-26-27-29(22)20-5-6-20/h1-4,16-18,20H,5-14H2. The fourth-order valence-corrected chi connectivity index (χ4v) is 7.67. The van der Waals surface area contributed by atoms with Crippen molar-refractivity contribution in [2.45, 2.75) is 74.6 Å². The Hall–Kier alpha value is -1.60. The summed E-state index contributed by atoms with van der Waals surface area (Å²) >= 11 is 7.60. The van der Waals surface area contributed by atoms with Crippen LogP contribution in [0.25, 0.3) is 0 Å². The van der Waals surface area contributed by atoms with Crippen LogP contribution in [-0.4, -0.2) is 42.3 Å². The molecule has 1 aromatic carbocycles. The van der Waals surface area contributed by atoms with Gasteiger partial charge in [-0.25, -0.2) is 4.68 Å². The van der Waals surface area contributed by atoms with E-state index in [0.29, 0.717) is 18.3 Å². The van der Waals surface area contributed by atoms with Gasteiger partial charge in [0.25, 0.3) is 0 Å². The monoisotopic (exact) mass is 457 g/mol. The van der Waals surface area contributed by atoms with E-state index >= 15 is 0 Å². The Morgan fingerprint density at radius 3 is 2.35 bits per heavy atom. The molecular weight excluding hydrogens is 430 g/mol. The number of rotatable bonds is 7. The Kier molecular flexibility index (Phi) is 5.02. The molecule has 0 aliphatic heterocycles. The number of hydrogen-bond acceptors (Lipinski definition) is 5. The van der Waals surface area contributed by atoms with Crippen molar-refractivity contribution in [3.05, 3.63) is 34.9 Å². The van der Waals surface area contributed by atoms with E-state index in [0.717, 1.165) is 46.3 Å². The molecule has 4 bridgehead atoms. The van der Waals surface area contributed by atoms with Gasteiger partial charge in [-0.05, 0) is 97.2 Å². The van der Waals surface area contributed by atoms with Crippen LogP contribution in [0.1, 0.15) is 63.0 Å². The van der Waals surface area contributed by atoms with Gasteiger partial charge >= 0.3 is 0 Å². The minimum absolute atomic E-state index is 0.0223. The zero-order chi connectivity index (χ0) is 21.0. The van der Waals surface area contributed by atoms with Crippen molar-refractivity contribution in [1.82, 2.24) is 25.1 Å². The Morgan fingerprint density at radius 1 is 1.10 bits per heavy atom. The molecule has 2 aromatic rings. The predicted molar refractivity (Wildman–Crippen MR) is 120 cm³/mol. The largest absolute Gasteiger partial charge is 0.332 e. The molecule has 1 heterocycles. The van der Waals surface area contributed by atoms with Gasteiger partial charge in [0, 0.05) is 17.1 Å². The minimum Gasteiger partial charge on any atom is -0.332 e. The van der Waals surface area contributed by atoms with Gasteiger partial charge < -0.3 is 4.90 Å². The van der Waals surface area contributed by atoms with E-state index in [1.807, 2.05) is 16.8 Å². The molecular formula is C23H28ClN5OS. The summed E-state index contributed by atoms with van der Waals surface area (Å²) in [6.07, 6.45) is 9.87. The third-order valence-corrected chi connectivity index (χ3v) is 8.98. The molecule has 0 radical (unpaired) electrons. The lowest BCUT2D eigenvalue weighted by Crippen LogP contribution is -2.61. The maximum absolute atomic E-state index is 13.7. The normalized spacial score (nSPS) is 31.2. The first-order valence-electron chi connectivity index (χ1n) is 11.5. The molecule has 0 spiro atoms. The van der Waals surface area contributed by atoms with Crippen molar-refractivity contribution < 1.29 is 4.79 Å². The first-order valence-corrected chi connectivity index (χ1v) is 12.9. The molecule has 1 amide bonds. The summed E-state index contributed by atoms with van der Waals surface area (Å²) in [5.41, 5.74) is 1.18. The molecule has 1 aromatic heterocycles. The Morgan fingerprint density at radius 2 is 1.74 bits per heavy atom. The van der Waals surface area contributed by atoms with E-state index in [1.54, 1.807) is 0 Å². The van der Waals surface area contributed by atoms with Crippen molar-refractivity contribution in [3.63, 3.8) is 0 Å².